The molecule has 0 radical (unpaired) electrons. The quantitative estimate of drug-likeness (QED) is 0.453. The highest BCUT2D eigenvalue weighted by molar-refractivity contribution is 5.92. The van der Waals surface area contributed by atoms with E-state index in [1.165, 1.54) is 11.6 Å². The van der Waals surface area contributed by atoms with Crippen LogP contribution in [-0.4, -0.2) is 17.7 Å². The Kier molecular flexibility index (Phi) is 4.34. The summed E-state index contributed by atoms with van der Waals surface area (Å²) in [6, 6.07) is 6.97. The Morgan fingerprint density at radius 1 is 1.40 bits per heavy atom. The minimum absolute atomic E-state index is 0.0929. The highest BCUT2D eigenvalue weighted by Gasteiger charge is 2.24. The fraction of sp³-hybridized carbons (Fsp3) is 0.357. The maximum atomic E-state index is 11.4. The predicted octanol–water partition coefficient (Wildman–Crippen LogP) is 1.41. The van der Waals surface area contributed by atoms with Gasteiger partial charge in [0.05, 0.1) is 11.9 Å². The van der Waals surface area contributed by atoms with Gasteiger partial charge in [-0.25, -0.2) is 0 Å². The largest absolute Gasteiger partial charge is 0.539 e. The number of rotatable bonds is 6. The molecule has 0 bridgehead atoms. The third kappa shape index (κ3) is 2.96. The molecule has 0 aliphatic rings. The number of hydrogen-bond donors (Lipinski definition) is 0. The summed E-state index contributed by atoms with van der Waals surface area (Å²) >= 11 is 0. The minimum Gasteiger partial charge on any atom is -0.539 e. The molecule has 1 heterocycles. The van der Waals surface area contributed by atoms with E-state index in [1.807, 2.05) is 0 Å². The molecule has 0 atom stereocenters. The molecule has 20 heavy (non-hydrogen) atoms. The summed E-state index contributed by atoms with van der Waals surface area (Å²) in [7, 11) is 0. The van der Waals surface area contributed by atoms with Gasteiger partial charge in [-0.15, -0.1) is 0 Å². The van der Waals surface area contributed by atoms with E-state index in [0.717, 1.165) is 18.6 Å². The van der Waals surface area contributed by atoms with Gasteiger partial charge in [0.25, 0.3) is 0 Å². The van der Waals surface area contributed by atoms with Crippen molar-refractivity contribution in [2.45, 2.75) is 26.7 Å². The zero-order chi connectivity index (χ0) is 14.5. The SMILES string of the molecule is CCCCOc1ccc(-[n+]2noc([O-])c2C(C)=O)cc1. The Morgan fingerprint density at radius 3 is 2.70 bits per heavy atom. The smallest absolute Gasteiger partial charge is 0.305 e. The molecule has 0 aliphatic heterocycles. The van der Waals surface area contributed by atoms with Gasteiger partial charge >= 0.3 is 5.69 Å². The summed E-state index contributed by atoms with van der Waals surface area (Å²) in [6.45, 7) is 4.06. The number of unbranched alkanes of at least 4 members (excludes halogenated alkanes) is 1. The summed E-state index contributed by atoms with van der Waals surface area (Å²) in [5.41, 5.74) is 0.480. The van der Waals surface area contributed by atoms with Crippen LogP contribution in [0.15, 0.2) is 28.8 Å². The van der Waals surface area contributed by atoms with Crippen LogP contribution in [0.5, 0.6) is 11.7 Å². The Balaban J connectivity index is 2.20. The number of carbonyl (C=O) groups is 1. The molecule has 0 unspecified atom stereocenters. The Labute approximate surface area is 116 Å². The van der Waals surface area contributed by atoms with Crippen LogP contribution in [0.2, 0.25) is 0 Å². The molecule has 0 aliphatic carbocycles. The van der Waals surface area contributed by atoms with E-state index in [2.05, 4.69) is 16.7 Å². The molecule has 0 spiro atoms. The van der Waals surface area contributed by atoms with Gasteiger partial charge in [-0.05, 0) is 23.2 Å². The topological polar surface area (TPSA) is 79.3 Å². The average Bonchev–Trinajstić information content (AvgIpc) is 2.82. The molecule has 2 aromatic rings. The third-order valence-corrected chi connectivity index (χ3v) is 2.79. The lowest BCUT2D eigenvalue weighted by Crippen LogP contribution is -2.38. The van der Waals surface area contributed by atoms with Gasteiger partial charge in [0.15, 0.2) is 5.95 Å². The molecule has 1 aromatic heterocycles. The molecular weight excluding hydrogens is 260 g/mol. The van der Waals surface area contributed by atoms with Crippen molar-refractivity contribution < 1.29 is 23.8 Å². The summed E-state index contributed by atoms with van der Waals surface area (Å²) in [5, 5.41) is 15.0. The minimum atomic E-state index is -0.735. The van der Waals surface area contributed by atoms with E-state index in [0.29, 0.717) is 12.3 Å². The van der Waals surface area contributed by atoms with Crippen LogP contribution < -0.4 is 14.5 Å². The maximum absolute atomic E-state index is 11.4. The molecular formula is C14H16N2O4. The van der Waals surface area contributed by atoms with Gasteiger partial charge in [-0.2, -0.15) is 0 Å². The fourth-order valence-corrected chi connectivity index (χ4v) is 1.74. The van der Waals surface area contributed by atoms with Gasteiger partial charge in [-0.1, -0.05) is 13.3 Å². The van der Waals surface area contributed by atoms with Crippen molar-refractivity contribution in [2.24, 2.45) is 0 Å². The maximum Gasteiger partial charge on any atom is 0.305 e. The summed E-state index contributed by atoms with van der Waals surface area (Å²) < 4.78 is 11.3. The van der Waals surface area contributed by atoms with Gasteiger partial charge in [0, 0.05) is 19.1 Å². The lowest BCUT2D eigenvalue weighted by molar-refractivity contribution is -0.672. The van der Waals surface area contributed by atoms with Crippen LogP contribution in [0.4, 0.5) is 0 Å². The molecule has 0 amide bonds. The van der Waals surface area contributed by atoms with Crippen molar-refractivity contribution in [1.82, 2.24) is 5.27 Å². The van der Waals surface area contributed by atoms with E-state index >= 15 is 0 Å². The number of carbonyl (C=O) groups excluding carboxylic acids is 1. The van der Waals surface area contributed by atoms with Crippen LogP contribution in [0.25, 0.3) is 5.69 Å². The Morgan fingerprint density at radius 2 is 2.10 bits per heavy atom. The second-order valence-electron chi connectivity index (χ2n) is 4.37. The summed E-state index contributed by atoms with van der Waals surface area (Å²) in [5.74, 6) is -0.390. The number of nitrogens with zero attached hydrogens (tertiary/aromatic N) is 2. The zero-order valence-corrected chi connectivity index (χ0v) is 11.5. The van der Waals surface area contributed by atoms with Gasteiger partial charge in [0.2, 0.25) is 11.5 Å². The molecule has 2 rings (SSSR count). The van der Waals surface area contributed by atoms with E-state index in [-0.39, 0.29) is 11.5 Å². The number of ether oxygens (including phenoxy) is 1. The molecule has 6 nitrogen and oxygen atoms in total. The van der Waals surface area contributed by atoms with Crippen molar-refractivity contribution in [2.75, 3.05) is 6.61 Å². The molecule has 0 saturated heterocycles. The standard InChI is InChI=1S/C14H16N2O4/c1-3-4-9-19-12-7-5-11(6-8-12)16-13(10(2)17)14(18)20-15-16/h5-8H,3-4,9H2,1-2H3. The fourth-order valence-electron chi connectivity index (χ4n) is 1.74. The number of benzene rings is 1. The normalized spacial score (nSPS) is 10.5. The van der Waals surface area contributed by atoms with E-state index in [4.69, 9.17) is 4.74 Å². The first-order chi connectivity index (χ1) is 9.63. The summed E-state index contributed by atoms with van der Waals surface area (Å²) in [4.78, 5) is 11.4. The lowest BCUT2D eigenvalue weighted by Gasteiger charge is -2.04. The van der Waals surface area contributed by atoms with Crippen LogP contribution in [0.3, 0.4) is 0 Å². The highest BCUT2D eigenvalue weighted by Crippen LogP contribution is 2.15. The Hall–Kier alpha value is -2.37. The van der Waals surface area contributed by atoms with Crippen LogP contribution in [0, 0.1) is 0 Å². The molecule has 106 valence electrons. The molecule has 0 N–H and O–H groups in total. The van der Waals surface area contributed by atoms with Crippen LogP contribution in [0.1, 0.15) is 37.2 Å². The van der Waals surface area contributed by atoms with E-state index in [1.54, 1.807) is 24.3 Å². The van der Waals surface area contributed by atoms with Gasteiger partial charge in [-0.3, -0.25) is 4.79 Å². The molecule has 0 saturated carbocycles. The van der Waals surface area contributed by atoms with Crippen LogP contribution >= 0.6 is 0 Å². The monoisotopic (exact) mass is 276 g/mol. The van der Waals surface area contributed by atoms with Gasteiger partial charge in [0.1, 0.15) is 5.75 Å². The number of Topliss-reactive ketones (excluding diaryl/α,β-unsaturated/α-hetero) is 1. The van der Waals surface area contributed by atoms with Crippen molar-refractivity contribution >= 4 is 5.78 Å². The second-order valence-corrected chi connectivity index (χ2v) is 4.37. The van der Waals surface area contributed by atoms with Crippen molar-refractivity contribution in [3.63, 3.8) is 0 Å². The first kappa shape index (κ1) is 14.0. The lowest BCUT2D eigenvalue weighted by atomic mass is 10.2. The van der Waals surface area contributed by atoms with Crippen molar-refractivity contribution in [1.29, 1.82) is 0 Å². The summed E-state index contributed by atoms with van der Waals surface area (Å²) in [6.07, 6.45) is 2.06. The molecule has 1 aromatic carbocycles. The number of ketones is 1. The van der Waals surface area contributed by atoms with Gasteiger partial charge < -0.3 is 14.4 Å². The first-order valence-electron chi connectivity index (χ1n) is 6.46. The second kappa shape index (κ2) is 6.18. The first-order valence-corrected chi connectivity index (χ1v) is 6.46. The van der Waals surface area contributed by atoms with E-state index in [9.17, 15) is 9.90 Å². The van der Waals surface area contributed by atoms with Crippen molar-refractivity contribution in [3.8, 4) is 17.4 Å². The predicted molar refractivity (Wildman–Crippen MR) is 67.9 cm³/mol. The molecule has 6 heteroatoms. The molecule has 0 fully saturated rings. The average molecular weight is 276 g/mol. The Bertz CT molecular complexity index is 590. The number of aromatic nitrogens is 2. The number of hydrogen-bond acceptors (Lipinski definition) is 5. The van der Waals surface area contributed by atoms with Crippen LogP contribution in [-0.2, 0) is 0 Å². The zero-order valence-electron chi connectivity index (χ0n) is 11.5. The highest BCUT2D eigenvalue weighted by atomic mass is 16.6. The van der Waals surface area contributed by atoms with E-state index < -0.39 is 5.95 Å². The van der Waals surface area contributed by atoms with Crippen molar-refractivity contribution in [3.05, 3.63) is 30.0 Å². The third-order valence-electron chi connectivity index (χ3n) is 2.79.